The second-order valence-electron chi connectivity index (χ2n) is 2.98. The summed E-state index contributed by atoms with van der Waals surface area (Å²) in [6.07, 6.45) is 0. The van der Waals surface area contributed by atoms with Gasteiger partial charge in [-0.25, -0.2) is 4.39 Å². The molecule has 1 unspecified atom stereocenters. The van der Waals surface area contributed by atoms with Crippen molar-refractivity contribution in [2.24, 2.45) is 5.73 Å². The number of anilines is 1. The van der Waals surface area contributed by atoms with E-state index in [0.717, 1.165) is 0 Å². The lowest BCUT2D eigenvalue weighted by atomic mass is 10.3. The second kappa shape index (κ2) is 4.09. The van der Waals surface area contributed by atoms with Gasteiger partial charge in [0.25, 0.3) is 0 Å². The number of nitrogen functional groups attached to an aromatic ring is 1. The average Bonchev–Trinajstić information content (AvgIpc) is 2.02. The molecule has 3 nitrogen and oxygen atoms in total. The van der Waals surface area contributed by atoms with Gasteiger partial charge in [-0.1, -0.05) is 0 Å². The van der Waals surface area contributed by atoms with Gasteiger partial charge < -0.3 is 16.2 Å². The molecule has 1 atom stereocenters. The molecular weight excluding hydrogens is 171 g/mol. The van der Waals surface area contributed by atoms with E-state index in [1.807, 2.05) is 0 Å². The highest BCUT2D eigenvalue weighted by atomic mass is 19.1. The highest BCUT2D eigenvalue weighted by Crippen LogP contribution is 2.19. The molecule has 0 radical (unpaired) electrons. The van der Waals surface area contributed by atoms with Crippen molar-refractivity contribution in [3.63, 3.8) is 0 Å². The molecular formula is C9H13FN2O. The van der Waals surface area contributed by atoms with Gasteiger partial charge >= 0.3 is 0 Å². The van der Waals surface area contributed by atoms with Crippen molar-refractivity contribution in [1.82, 2.24) is 0 Å². The summed E-state index contributed by atoms with van der Waals surface area (Å²) >= 11 is 0. The lowest BCUT2D eigenvalue weighted by molar-refractivity contribution is 0.282. The molecule has 0 aliphatic heterocycles. The maximum atomic E-state index is 13.1. The smallest absolute Gasteiger partial charge is 0.167 e. The van der Waals surface area contributed by atoms with Gasteiger partial charge in [0, 0.05) is 17.8 Å². The maximum Gasteiger partial charge on any atom is 0.167 e. The monoisotopic (exact) mass is 184 g/mol. The van der Waals surface area contributed by atoms with Crippen LogP contribution in [0.15, 0.2) is 18.2 Å². The molecule has 72 valence electrons. The third kappa shape index (κ3) is 2.91. The third-order valence-corrected chi connectivity index (χ3v) is 1.46. The number of rotatable bonds is 3. The summed E-state index contributed by atoms with van der Waals surface area (Å²) in [5.74, 6) is -0.271. The van der Waals surface area contributed by atoms with Crippen molar-refractivity contribution in [2.75, 3.05) is 12.3 Å². The first-order valence-electron chi connectivity index (χ1n) is 4.03. The summed E-state index contributed by atoms with van der Waals surface area (Å²) < 4.78 is 18.2. The van der Waals surface area contributed by atoms with Gasteiger partial charge in [0.05, 0.1) is 0 Å². The summed E-state index contributed by atoms with van der Waals surface area (Å²) in [5.41, 5.74) is 11.2. The van der Waals surface area contributed by atoms with Gasteiger partial charge in [0.15, 0.2) is 11.6 Å². The Labute approximate surface area is 76.5 Å². The fraction of sp³-hybridized carbons (Fsp3) is 0.333. The van der Waals surface area contributed by atoms with Crippen LogP contribution in [0.4, 0.5) is 10.1 Å². The summed E-state index contributed by atoms with van der Waals surface area (Å²) in [6.45, 7) is 2.08. The molecule has 0 aromatic heterocycles. The fourth-order valence-corrected chi connectivity index (χ4v) is 0.855. The Morgan fingerprint density at radius 1 is 1.54 bits per heavy atom. The first kappa shape index (κ1) is 9.80. The van der Waals surface area contributed by atoms with Gasteiger partial charge in [0.1, 0.15) is 6.61 Å². The Morgan fingerprint density at radius 2 is 2.23 bits per heavy atom. The summed E-state index contributed by atoms with van der Waals surface area (Å²) in [4.78, 5) is 0. The fourth-order valence-electron chi connectivity index (χ4n) is 0.855. The summed E-state index contributed by atoms with van der Waals surface area (Å²) in [6, 6.07) is 4.18. The van der Waals surface area contributed by atoms with E-state index in [2.05, 4.69) is 0 Å². The highest BCUT2D eigenvalue weighted by Gasteiger charge is 2.04. The van der Waals surface area contributed by atoms with E-state index in [1.54, 1.807) is 13.0 Å². The maximum absolute atomic E-state index is 13.1. The molecule has 4 N–H and O–H groups in total. The minimum absolute atomic E-state index is 0.114. The zero-order valence-electron chi connectivity index (χ0n) is 7.46. The van der Waals surface area contributed by atoms with Gasteiger partial charge in [-0.05, 0) is 19.1 Å². The lowest BCUT2D eigenvalue weighted by Gasteiger charge is -2.09. The van der Waals surface area contributed by atoms with Crippen LogP contribution >= 0.6 is 0 Å². The normalized spacial score (nSPS) is 12.5. The predicted molar refractivity (Wildman–Crippen MR) is 50.0 cm³/mol. The SMILES string of the molecule is CC(N)COc1ccc(N)cc1F. The number of benzene rings is 1. The zero-order valence-corrected chi connectivity index (χ0v) is 7.46. The molecule has 0 aliphatic rings. The zero-order chi connectivity index (χ0) is 9.84. The van der Waals surface area contributed by atoms with E-state index < -0.39 is 5.82 Å². The minimum atomic E-state index is -0.458. The van der Waals surface area contributed by atoms with E-state index in [0.29, 0.717) is 12.3 Å². The van der Waals surface area contributed by atoms with E-state index in [-0.39, 0.29) is 11.8 Å². The molecule has 0 spiro atoms. The molecule has 0 amide bonds. The van der Waals surface area contributed by atoms with Crippen molar-refractivity contribution < 1.29 is 9.13 Å². The predicted octanol–water partition coefficient (Wildman–Crippen LogP) is 1.13. The lowest BCUT2D eigenvalue weighted by Crippen LogP contribution is -2.23. The van der Waals surface area contributed by atoms with Crippen molar-refractivity contribution in [3.8, 4) is 5.75 Å². The molecule has 1 rings (SSSR count). The van der Waals surface area contributed by atoms with Gasteiger partial charge in [-0.15, -0.1) is 0 Å². The Morgan fingerprint density at radius 3 is 2.77 bits per heavy atom. The third-order valence-electron chi connectivity index (χ3n) is 1.46. The molecule has 13 heavy (non-hydrogen) atoms. The molecule has 0 saturated heterocycles. The average molecular weight is 184 g/mol. The van der Waals surface area contributed by atoms with Gasteiger partial charge in [0.2, 0.25) is 0 Å². The Balaban J connectivity index is 2.67. The van der Waals surface area contributed by atoms with Crippen molar-refractivity contribution in [3.05, 3.63) is 24.0 Å². The molecule has 0 saturated carbocycles. The largest absolute Gasteiger partial charge is 0.489 e. The van der Waals surface area contributed by atoms with E-state index in [1.165, 1.54) is 12.1 Å². The second-order valence-corrected chi connectivity index (χ2v) is 2.98. The molecule has 1 aromatic rings. The first-order chi connectivity index (χ1) is 6.09. The van der Waals surface area contributed by atoms with Crippen LogP contribution in [0, 0.1) is 5.82 Å². The van der Waals surface area contributed by atoms with Crippen LogP contribution in [0.25, 0.3) is 0 Å². The molecule has 4 heteroatoms. The van der Waals surface area contributed by atoms with Crippen LogP contribution in [0.2, 0.25) is 0 Å². The quantitative estimate of drug-likeness (QED) is 0.692. The summed E-state index contributed by atoms with van der Waals surface area (Å²) in [7, 11) is 0. The molecule has 0 bridgehead atoms. The topological polar surface area (TPSA) is 61.3 Å². The minimum Gasteiger partial charge on any atom is -0.489 e. The van der Waals surface area contributed by atoms with Crippen molar-refractivity contribution in [1.29, 1.82) is 0 Å². The van der Waals surface area contributed by atoms with Crippen LogP contribution in [-0.4, -0.2) is 12.6 Å². The number of hydrogen-bond donors (Lipinski definition) is 2. The van der Waals surface area contributed by atoms with Crippen LogP contribution < -0.4 is 16.2 Å². The number of nitrogens with two attached hydrogens (primary N) is 2. The van der Waals surface area contributed by atoms with Crippen LogP contribution in [0.5, 0.6) is 5.75 Å². The number of hydrogen-bond acceptors (Lipinski definition) is 3. The van der Waals surface area contributed by atoms with Crippen molar-refractivity contribution in [2.45, 2.75) is 13.0 Å². The number of halogens is 1. The van der Waals surface area contributed by atoms with E-state index in [9.17, 15) is 4.39 Å². The Bertz CT molecular complexity index is 289. The van der Waals surface area contributed by atoms with Crippen LogP contribution in [-0.2, 0) is 0 Å². The molecule has 0 heterocycles. The Hall–Kier alpha value is -1.29. The summed E-state index contributed by atoms with van der Waals surface area (Å²) in [5, 5.41) is 0. The highest BCUT2D eigenvalue weighted by molar-refractivity contribution is 5.42. The van der Waals surface area contributed by atoms with Gasteiger partial charge in [-0.3, -0.25) is 0 Å². The van der Waals surface area contributed by atoms with E-state index in [4.69, 9.17) is 16.2 Å². The molecule has 0 aliphatic carbocycles. The van der Waals surface area contributed by atoms with E-state index >= 15 is 0 Å². The van der Waals surface area contributed by atoms with Gasteiger partial charge in [-0.2, -0.15) is 0 Å². The van der Waals surface area contributed by atoms with Crippen molar-refractivity contribution >= 4 is 5.69 Å². The van der Waals surface area contributed by atoms with Crippen LogP contribution in [0.1, 0.15) is 6.92 Å². The first-order valence-corrected chi connectivity index (χ1v) is 4.03. The molecule has 0 fully saturated rings. The van der Waals surface area contributed by atoms with Crippen LogP contribution in [0.3, 0.4) is 0 Å². The molecule has 1 aromatic carbocycles. The number of ether oxygens (including phenoxy) is 1. The standard InChI is InChI=1S/C9H13FN2O/c1-6(11)5-13-9-3-2-7(12)4-8(9)10/h2-4,6H,5,11-12H2,1H3. The Kier molecular flexibility index (Phi) is 3.08.